The summed E-state index contributed by atoms with van der Waals surface area (Å²) in [6, 6.07) is 9.30. The Morgan fingerprint density at radius 3 is 2.44 bits per heavy atom. The van der Waals surface area contributed by atoms with E-state index in [1.165, 1.54) is 23.3 Å². The summed E-state index contributed by atoms with van der Waals surface area (Å²) in [5.41, 5.74) is 3.27. The van der Waals surface area contributed by atoms with E-state index in [0.717, 1.165) is 55.7 Å². The van der Waals surface area contributed by atoms with Crippen LogP contribution < -0.4 is 4.74 Å². The number of nitrogens with zero attached hydrogens (tertiary/aromatic N) is 2. The SMILES string of the molecule is COCCCOc1ccc(C2CCCC3CN(C(=O)c4ccc(C(F)(F)F)cc4)CCN32)c(C)c1C. The second-order valence-electron chi connectivity index (χ2n) is 9.76. The molecule has 2 atom stereocenters. The van der Waals surface area contributed by atoms with Gasteiger partial charge in [0.1, 0.15) is 5.75 Å². The minimum atomic E-state index is -4.41. The average molecular weight is 505 g/mol. The lowest BCUT2D eigenvalue weighted by Crippen LogP contribution is -2.57. The Labute approximate surface area is 211 Å². The molecule has 0 radical (unpaired) electrons. The quantitative estimate of drug-likeness (QED) is 0.448. The van der Waals surface area contributed by atoms with Gasteiger partial charge in [-0.25, -0.2) is 0 Å². The van der Waals surface area contributed by atoms with Gasteiger partial charge in [0.05, 0.1) is 12.2 Å². The van der Waals surface area contributed by atoms with Gasteiger partial charge >= 0.3 is 6.18 Å². The molecule has 0 spiro atoms. The van der Waals surface area contributed by atoms with Crippen LogP contribution in [0, 0.1) is 13.8 Å². The van der Waals surface area contributed by atoms with Crippen LogP contribution in [0.4, 0.5) is 13.2 Å². The molecular formula is C28H35F3N2O3. The molecule has 2 saturated heterocycles. The van der Waals surface area contributed by atoms with Crippen molar-refractivity contribution in [3.63, 3.8) is 0 Å². The van der Waals surface area contributed by atoms with Gasteiger partial charge in [-0.1, -0.05) is 6.07 Å². The number of alkyl halides is 3. The van der Waals surface area contributed by atoms with Crippen LogP contribution in [0.25, 0.3) is 0 Å². The third-order valence-electron chi connectivity index (χ3n) is 7.58. The number of rotatable bonds is 7. The number of benzene rings is 2. The molecule has 1 amide bonds. The zero-order valence-electron chi connectivity index (χ0n) is 21.2. The molecule has 2 aromatic rings. The molecule has 36 heavy (non-hydrogen) atoms. The molecule has 0 bridgehead atoms. The van der Waals surface area contributed by atoms with Gasteiger partial charge in [-0.2, -0.15) is 13.2 Å². The first-order chi connectivity index (χ1) is 17.2. The van der Waals surface area contributed by atoms with Crippen LogP contribution in [0.3, 0.4) is 0 Å². The molecule has 196 valence electrons. The summed E-state index contributed by atoms with van der Waals surface area (Å²) < 4.78 is 49.7. The summed E-state index contributed by atoms with van der Waals surface area (Å²) in [5, 5.41) is 0. The van der Waals surface area contributed by atoms with Crippen LogP contribution >= 0.6 is 0 Å². The maximum Gasteiger partial charge on any atom is 0.416 e. The Morgan fingerprint density at radius 1 is 1.00 bits per heavy atom. The van der Waals surface area contributed by atoms with Crippen molar-refractivity contribution in [2.24, 2.45) is 0 Å². The maximum atomic E-state index is 13.1. The molecule has 4 rings (SSSR count). The van der Waals surface area contributed by atoms with Crippen LogP contribution in [0.15, 0.2) is 36.4 Å². The van der Waals surface area contributed by atoms with E-state index in [0.29, 0.717) is 31.9 Å². The van der Waals surface area contributed by atoms with E-state index in [2.05, 4.69) is 30.9 Å². The highest BCUT2D eigenvalue weighted by Crippen LogP contribution is 2.39. The Kier molecular flexibility index (Phi) is 8.25. The van der Waals surface area contributed by atoms with Gasteiger partial charge in [0.15, 0.2) is 0 Å². The molecular weight excluding hydrogens is 469 g/mol. The van der Waals surface area contributed by atoms with Gasteiger partial charge in [-0.3, -0.25) is 9.69 Å². The normalized spacial score (nSPS) is 20.8. The van der Waals surface area contributed by atoms with Gasteiger partial charge in [-0.15, -0.1) is 0 Å². The van der Waals surface area contributed by atoms with E-state index in [1.807, 2.05) is 0 Å². The van der Waals surface area contributed by atoms with Crippen molar-refractivity contribution in [2.75, 3.05) is 40.0 Å². The maximum absolute atomic E-state index is 13.1. The molecule has 2 fully saturated rings. The number of amides is 1. The zero-order chi connectivity index (χ0) is 25.9. The summed E-state index contributed by atoms with van der Waals surface area (Å²) >= 11 is 0. The number of piperidine rings is 1. The van der Waals surface area contributed by atoms with Crippen LogP contribution in [0.5, 0.6) is 5.75 Å². The number of piperazine rings is 1. The number of halogens is 3. The van der Waals surface area contributed by atoms with Gasteiger partial charge in [0.25, 0.3) is 5.91 Å². The molecule has 0 saturated carbocycles. The first kappa shape index (κ1) is 26.5. The molecule has 0 aromatic heterocycles. The topological polar surface area (TPSA) is 42.0 Å². The Morgan fingerprint density at radius 2 is 1.75 bits per heavy atom. The van der Waals surface area contributed by atoms with Gasteiger partial charge in [0.2, 0.25) is 0 Å². The van der Waals surface area contributed by atoms with Gasteiger partial charge in [0, 0.05) is 57.4 Å². The van der Waals surface area contributed by atoms with Crippen molar-refractivity contribution in [1.82, 2.24) is 9.80 Å². The minimum Gasteiger partial charge on any atom is -0.493 e. The third kappa shape index (κ3) is 5.70. The second-order valence-corrected chi connectivity index (χ2v) is 9.76. The highest BCUT2D eigenvalue weighted by atomic mass is 19.4. The number of carbonyl (C=O) groups is 1. The first-order valence-electron chi connectivity index (χ1n) is 12.6. The van der Waals surface area contributed by atoms with Crippen molar-refractivity contribution in [3.8, 4) is 5.75 Å². The lowest BCUT2D eigenvalue weighted by Gasteiger charge is -2.49. The van der Waals surface area contributed by atoms with Gasteiger partial charge < -0.3 is 14.4 Å². The molecule has 2 aromatic carbocycles. The highest BCUT2D eigenvalue weighted by Gasteiger charge is 2.38. The zero-order valence-corrected chi connectivity index (χ0v) is 21.2. The molecule has 5 nitrogen and oxygen atoms in total. The predicted octanol–water partition coefficient (Wildman–Crippen LogP) is 5.79. The van der Waals surface area contributed by atoms with Crippen molar-refractivity contribution < 1.29 is 27.4 Å². The summed E-state index contributed by atoms with van der Waals surface area (Å²) in [5.74, 6) is 0.708. The molecule has 0 N–H and O–H groups in total. The number of methoxy groups -OCH3 is 1. The van der Waals surface area contributed by atoms with Crippen LogP contribution in [0.2, 0.25) is 0 Å². The summed E-state index contributed by atoms with van der Waals surface area (Å²) in [6.07, 6.45) is -0.419. The predicted molar refractivity (Wildman–Crippen MR) is 132 cm³/mol. The fraction of sp³-hybridized carbons (Fsp3) is 0.536. The summed E-state index contributed by atoms with van der Waals surface area (Å²) in [4.78, 5) is 17.4. The first-order valence-corrected chi connectivity index (χ1v) is 12.6. The number of hydrogen-bond acceptors (Lipinski definition) is 4. The molecule has 2 heterocycles. The number of ether oxygens (including phenoxy) is 2. The fourth-order valence-electron chi connectivity index (χ4n) is 5.47. The smallest absolute Gasteiger partial charge is 0.416 e. The van der Waals surface area contributed by atoms with E-state index in [1.54, 1.807) is 12.0 Å². The summed E-state index contributed by atoms with van der Waals surface area (Å²) in [6.45, 7) is 7.45. The number of fused-ring (bicyclic) bond motifs is 1. The van der Waals surface area contributed by atoms with E-state index in [4.69, 9.17) is 9.47 Å². The Bertz CT molecular complexity index is 1060. The van der Waals surface area contributed by atoms with Crippen LogP contribution in [0.1, 0.15) is 64.3 Å². The monoisotopic (exact) mass is 504 g/mol. The van der Waals surface area contributed by atoms with Crippen molar-refractivity contribution in [1.29, 1.82) is 0 Å². The van der Waals surface area contributed by atoms with Crippen molar-refractivity contribution >= 4 is 5.91 Å². The minimum absolute atomic E-state index is 0.201. The standard InChI is InChI=1S/C28H35F3N2O3/c1-19-20(2)26(36-17-5-16-35-3)13-12-24(19)25-7-4-6-23-18-32(14-15-33(23)25)27(34)21-8-10-22(11-9-21)28(29,30)31/h8-13,23,25H,4-7,14-18H2,1-3H3. The van der Waals surface area contributed by atoms with Crippen molar-refractivity contribution in [2.45, 2.75) is 57.8 Å². The molecule has 2 unspecified atom stereocenters. The highest BCUT2D eigenvalue weighted by molar-refractivity contribution is 5.94. The van der Waals surface area contributed by atoms with Crippen molar-refractivity contribution in [3.05, 3.63) is 64.2 Å². The lowest BCUT2D eigenvalue weighted by atomic mass is 9.86. The molecule has 0 aliphatic carbocycles. The second kappa shape index (κ2) is 11.2. The molecule has 2 aliphatic rings. The van der Waals surface area contributed by atoms with E-state index >= 15 is 0 Å². The van der Waals surface area contributed by atoms with Crippen LogP contribution in [-0.2, 0) is 10.9 Å². The number of hydrogen-bond donors (Lipinski definition) is 0. The Balaban J connectivity index is 1.44. The van der Waals surface area contributed by atoms with E-state index < -0.39 is 11.7 Å². The lowest BCUT2D eigenvalue weighted by molar-refractivity contribution is -0.137. The fourth-order valence-corrected chi connectivity index (χ4v) is 5.47. The van der Waals surface area contributed by atoms with Gasteiger partial charge in [-0.05, 0) is 80.1 Å². The molecule has 2 aliphatic heterocycles. The molecule has 8 heteroatoms. The average Bonchev–Trinajstić information content (AvgIpc) is 2.87. The summed E-state index contributed by atoms with van der Waals surface area (Å²) in [7, 11) is 1.69. The number of carbonyl (C=O) groups excluding carboxylic acids is 1. The van der Waals surface area contributed by atoms with E-state index in [-0.39, 0.29) is 18.0 Å². The largest absolute Gasteiger partial charge is 0.493 e. The van der Waals surface area contributed by atoms with Crippen LogP contribution in [-0.4, -0.2) is 61.7 Å². The Hall–Kier alpha value is -2.58. The third-order valence-corrected chi connectivity index (χ3v) is 7.58. The van der Waals surface area contributed by atoms with E-state index in [9.17, 15) is 18.0 Å².